The van der Waals surface area contributed by atoms with Gasteiger partial charge in [-0.1, -0.05) is 0 Å². The molecule has 2 heterocycles. The van der Waals surface area contributed by atoms with E-state index in [1.807, 2.05) is 7.05 Å². The molecule has 0 aromatic carbocycles. The standard InChI is InChI=1S/C12H20N4O/c1-15-5-3-10(4-6-15)9-16(2)11-7-12(17)14-13-8-11/h7-8,10H,3-6,9H2,1-2H3,(H,14,17). The molecule has 5 nitrogen and oxygen atoms in total. The van der Waals surface area contributed by atoms with Gasteiger partial charge >= 0.3 is 0 Å². The molecule has 0 radical (unpaired) electrons. The monoisotopic (exact) mass is 236 g/mol. The van der Waals surface area contributed by atoms with Gasteiger partial charge in [0.15, 0.2) is 0 Å². The molecule has 94 valence electrons. The van der Waals surface area contributed by atoms with Crippen molar-refractivity contribution in [3.63, 3.8) is 0 Å². The molecule has 1 aliphatic rings. The van der Waals surface area contributed by atoms with E-state index in [2.05, 4.69) is 27.0 Å². The first-order valence-corrected chi connectivity index (χ1v) is 6.09. The molecule has 0 unspecified atom stereocenters. The number of H-pyrrole nitrogens is 1. The molecule has 2 rings (SSSR count). The van der Waals surface area contributed by atoms with Crippen molar-refractivity contribution in [1.29, 1.82) is 0 Å². The molecular formula is C12H20N4O. The van der Waals surface area contributed by atoms with Gasteiger partial charge in [-0.3, -0.25) is 4.79 Å². The molecule has 1 saturated heterocycles. The highest BCUT2D eigenvalue weighted by Crippen LogP contribution is 2.19. The number of nitrogens with zero attached hydrogens (tertiary/aromatic N) is 3. The SMILES string of the molecule is CN1CCC(CN(C)c2cn[nH]c(=O)c2)CC1. The van der Waals surface area contributed by atoms with Crippen molar-refractivity contribution in [3.05, 3.63) is 22.6 Å². The number of hydrogen-bond donors (Lipinski definition) is 1. The molecule has 0 saturated carbocycles. The zero-order chi connectivity index (χ0) is 12.3. The van der Waals surface area contributed by atoms with Crippen molar-refractivity contribution in [2.75, 3.05) is 38.6 Å². The minimum absolute atomic E-state index is 0.141. The maximum absolute atomic E-state index is 11.2. The van der Waals surface area contributed by atoms with Gasteiger partial charge in [0.05, 0.1) is 11.9 Å². The number of anilines is 1. The highest BCUT2D eigenvalue weighted by Gasteiger charge is 2.18. The zero-order valence-electron chi connectivity index (χ0n) is 10.5. The van der Waals surface area contributed by atoms with Crippen molar-refractivity contribution in [3.8, 4) is 0 Å². The van der Waals surface area contributed by atoms with E-state index in [-0.39, 0.29) is 5.56 Å². The first-order valence-electron chi connectivity index (χ1n) is 6.09. The van der Waals surface area contributed by atoms with Crippen molar-refractivity contribution in [2.45, 2.75) is 12.8 Å². The van der Waals surface area contributed by atoms with E-state index in [0.29, 0.717) is 0 Å². The van der Waals surface area contributed by atoms with Gasteiger partial charge in [-0.2, -0.15) is 5.10 Å². The van der Waals surface area contributed by atoms with E-state index in [4.69, 9.17) is 0 Å². The van der Waals surface area contributed by atoms with E-state index in [9.17, 15) is 4.79 Å². The van der Waals surface area contributed by atoms with Crippen molar-refractivity contribution < 1.29 is 0 Å². The lowest BCUT2D eigenvalue weighted by Crippen LogP contribution is -2.36. The second-order valence-corrected chi connectivity index (χ2v) is 4.93. The Bertz CT molecular complexity index is 409. The number of likely N-dealkylation sites (tertiary alicyclic amines) is 1. The first kappa shape index (κ1) is 12.1. The molecule has 1 aromatic heterocycles. The number of piperidine rings is 1. The van der Waals surface area contributed by atoms with Gasteiger partial charge in [0, 0.05) is 19.7 Å². The Kier molecular flexibility index (Phi) is 3.78. The Morgan fingerprint density at radius 3 is 2.88 bits per heavy atom. The Hall–Kier alpha value is -1.36. The molecule has 0 amide bonds. The average molecular weight is 236 g/mol. The van der Waals surface area contributed by atoms with Crippen LogP contribution in [0, 0.1) is 5.92 Å². The van der Waals surface area contributed by atoms with E-state index in [1.54, 1.807) is 12.3 Å². The number of nitrogens with one attached hydrogen (secondary N) is 1. The lowest BCUT2D eigenvalue weighted by Gasteiger charge is -2.32. The number of rotatable bonds is 3. The maximum Gasteiger partial charge on any atom is 0.266 e. The summed E-state index contributed by atoms with van der Waals surface area (Å²) in [5.41, 5.74) is 0.755. The van der Waals surface area contributed by atoms with Crippen LogP contribution in [0.5, 0.6) is 0 Å². The molecule has 0 bridgehead atoms. The summed E-state index contributed by atoms with van der Waals surface area (Å²) in [5, 5.41) is 6.22. The summed E-state index contributed by atoms with van der Waals surface area (Å²) in [7, 11) is 4.19. The summed E-state index contributed by atoms with van der Waals surface area (Å²) in [5.74, 6) is 0.718. The van der Waals surface area contributed by atoms with Gasteiger partial charge in [-0.25, -0.2) is 5.10 Å². The van der Waals surface area contributed by atoms with E-state index in [1.165, 1.54) is 25.9 Å². The molecule has 0 atom stereocenters. The zero-order valence-corrected chi connectivity index (χ0v) is 10.5. The van der Waals surface area contributed by atoms with E-state index < -0.39 is 0 Å². The largest absolute Gasteiger partial charge is 0.373 e. The summed E-state index contributed by atoms with van der Waals surface area (Å²) in [6, 6.07) is 1.60. The van der Waals surface area contributed by atoms with Crippen LogP contribution in [-0.2, 0) is 0 Å². The van der Waals surface area contributed by atoms with Gasteiger partial charge in [0.2, 0.25) is 0 Å². The molecular weight excluding hydrogens is 216 g/mol. The predicted octanol–water partition coefficient (Wildman–Crippen LogP) is 0.548. The van der Waals surface area contributed by atoms with Crippen LogP contribution >= 0.6 is 0 Å². The average Bonchev–Trinajstić information content (AvgIpc) is 2.32. The van der Waals surface area contributed by atoms with E-state index in [0.717, 1.165) is 18.2 Å². The second kappa shape index (κ2) is 5.31. The van der Waals surface area contributed by atoms with E-state index >= 15 is 0 Å². The third-order valence-corrected chi connectivity index (χ3v) is 3.46. The van der Waals surface area contributed by atoms with Gasteiger partial charge < -0.3 is 9.80 Å². The first-order chi connectivity index (χ1) is 8.15. The van der Waals surface area contributed by atoms with Crippen molar-refractivity contribution in [2.24, 2.45) is 5.92 Å². The summed E-state index contributed by atoms with van der Waals surface area (Å²) < 4.78 is 0. The Balaban J connectivity index is 1.93. The predicted molar refractivity (Wildman–Crippen MR) is 68.3 cm³/mol. The lowest BCUT2D eigenvalue weighted by molar-refractivity contribution is 0.222. The van der Waals surface area contributed by atoms with Gasteiger partial charge in [0.1, 0.15) is 0 Å². The Morgan fingerprint density at radius 2 is 2.24 bits per heavy atom. The van der Waals surface area contributed by atoms with Crippen LogP contribution in [0.2, 0.25) is 0 Å². The number of aromatic nitrogens is 2. The Morgan fingerprint density at radius 1 is 1.53 bits per heavy atom. The summed E-state index contributed by atoms with van der Waals surface area (Å²) >= 11 is 0. The normalized spacial score (nSPS) is 18.2. The molecule has 0 spiro atoms. The van der Waals surface area contributed by atoms with Gasteiger partial charge in [0.25, 0.3) is 5.56 Å². The van der Waals surface area contributed by atoms with Gasteiger partial charge in [-0.15, -0.1) is 0 Å². The smallest absolute Gasteiger partial charge is 0.266 e. The topological polar surface area (TPSA) is 52.2 Å². The highest BCUT2D eigenvalue weighted by atomic mass is 16.1. The molecule has 1 aromatic rings. The van der Waals surface area contributed by atoms with Crippen LogP contribution in [0.1, 0.15) is 12.8 Å². The summed E-state index contributed by atoms with van der Waals surface area (Å²) in [6.45, 7) is 3.34. The van der Waals surface area contributed by atoms with Crippen LogP contribution in [-0.4, -0.2) is 48.8 Å². The third-order valence-electron chi connectivity index (χ3n) is 3.46. The highest BCUT2D eigenvalue weighted by molar-refractivity contribution is 5.41. The Labute approximate surface area is 101 Å². The molecule has 1 fully saturated rings. The lowest BCUT2D eigenvalue weighted by atomic mass is 9.96. The number of hydrogen-bond acceptors (Lipinski definition) is 4. The van der Waals surface area contributed by atoms with Gasteiger partial charge in [-0.05, 0) is 38.9 Å². The van der Waals surface area contributed by atoms with Crippen LogP contribution in [0.4, 0.5) is 5.69 Å². The minimum atomic E-state index is -0.141. The fourth-order valence-corrected chi connectivity index (χ4v) is 2.31. The fourth-order valence-electron chi connectivity index (χ4n) is 2.31. The second-order valence-electron chi connectivity index (χ2n) is 4.93. The number of aromatic amines is 1. The molecule has 17 heavy (non-hydrogen) atoms. The van der Waals surface area contributed by atoms with Crippen molar-refractivity contribution in [1.82, 2.24) is 15.1 Å². The van der Waals surface area contributed by atoms with Crippen molar-refractivity contribution >= 4 is 5.69 Å². The summed E-state index contributed by atoms with van der Waals surface area (Å²) in [4.78, 5) is 15.7. The van der Waals surface area contributed by atoms with Crippen LogP contribution in [0.25, 0.3) is 0 Å². The maximum atomic E-state index is 11.2. The quantitative estimate of drug-likeness (QED) is 0.832. The van der Waals surface area contributed by atoms with Crippen LogP contribution < -0.4 is 10.5 Å². The molecule has 5 heteroatoms. The van der Waals surface area contributed by atoms with Crippen LogP contribution in [0.3, 0.4) is 0 Å². The fraction of sp³-hybridized carbons (Fsp3) is 0.667. The minimum Gasteiger partial charge on any atom is -0.373 e. The molecule has 0 aliphatic carbocycles. The van der Waals surface area contributed by atoms with Crippen LogP contribution in [0.15, 0.2) is 17.1 Å². The summed E-state index contributed by atoms with van der Waals surface area (Å²) in [6.07, 6.45) is 4.17. The third kappa shape index (κ3) is 3.30. The molecule has 1 aliphatic heterocycles. The molecule has 1 N–H and O–H groups in total.